The summed E-state index contributed by atoms with van der Waals surface area (Å²) < 4.78 is 39.1. The maximum absolute atomic E-state index is 13.8. The van der Waals surface area contributed by atoms with Gasteiger partial charge >= 0.3 is 12.1 Å². The monoisotopic (exact) mass is 594 g/mol. The molecule has 1 aliphatic rings. The number of hydrogen-bond donors (Lipinski definition) is 1. The molecule has 1 aliphatic heterocycles. The molecule has 11 heteroatoms. The van der Waals surface area contributed by atoms with Crippen molar-refractivity contribution in [3.8, 4) is 0 Å². The highest BCUT2D eigenvalue weighted by Crippen LogP contribution is 2.30. The summed E-state index contributed by atoms with van der Waals surface area (Å²) in [6.07, 6.45) is -2.08. The van der Waals surface area contributed by atoms with Crippen molar-refractivity contribution in [2.45, 2.75) is 32.1 Å². The second kappa shape index (κ2) is 12.2. The molecule has 1 aromatic heterocycles. The average molecular weight is 595 g/mol. The number of amides is 1. The molecule has 1 N–H and O–H groups in total. The van der Waals surface area contributed by atoms with Gasteiger partial charge < -0.3 is 14.9 Å². The number of carboxylic acids is 1. The van der Waals surface area contributed by atoms with Crippen LogP contribution in [0.3, 0.4) is 0 Å². The van der Waals surface area contributed by atoms with Crippen LogP contribution in [0.1, 0.15) is 43.9 Å². The summed E-state index contributed by atoms with van der Waals surface area (Å²) in [4.78, 5) is 37.9. The first kappa shape index (κ1) is 29.1. The van der Waals surface area contributed by atoms with Gasteiger partial charge in [-0.1, -0.05) is 60.1 Å². The lowest BCUT2D eigenvalue weighted by molar-refractivity contribution is -0.138. The third-order valence-corrected chi connectivity index (χ3v) is 7.26. The zero-order valence-electron chi connectivity index (χ0n) is 22.3. The third-order valence-electron chi connectivity index (χ3n) is 7.03. The van der Waals surface area contributed by atoms with Crippen molar-refractivity contribution in [1.82, 2.24) is 14.9 Å². The van der Waals surface area contributed by atoms with E-state index >= 15 is 0 Å². The fraction of sp³-hybridized carbons (Fsp3) is 0.226. The number of anilines is 1. The highest BCUT2D eigenvalue weighted by Gasteiger charge is 2.30. The van der Waals surface area contributed by atoms with Gasteiger partial charge in [-0.25, -0.2) is 9.97 Å². The van der Waals surface area contributed by atoms with Gasteiger partial charge in [0.15, 0.2) is 0 Å². The maximum Gasteiger partial charge on any atom is 0.416 e. The number of rotatable bonds is 8. The second-order valence-electron chi connectivity index (χ2n) is 10.0. The van der Waals surface area contributed by atoms with Crippen LogP contribution in [0.15, 0.2) is 79.0 Å². The van der Waals surface area contributed by atoms with Gasteiger partial charge in [0, 0.05) is 37.3 Å². The molecule has 0 saturated heterocycles. The quantitative estimate of drug-likeness (QED) is 0.268. The van der Waals surface area contributed by atoms with E-state index in [1.54, 1.807) is 18.2 Å². The molecular formula is C31H26ClF3N4O3. The number of fused-ring (bicyclic) bond motifs is 1. The van der Waals surface area contributed by atoms with Crippen LogP contribution in [-0.2, 0) is 36.9 Å². The molecule has 2 heterocycles. The van der Waals surface area contributed by atoms with Crippen LogP contribution < -0.4 is 4.90 Å². The Labute approximate surface area is 245 Å². The molecule has 1 amide bonds. The zero-order chi connectivity index (χ0) is 29.9. The van der Waals surface area contributed by atoms with Gasteiger partial charge in [0.2, 0.25) is 5.95 Å². The summed E-state index contributed by atoms with van der Waals surface area (Å²) in [7, 11) is 0. The predicted octanol–water partition coefficient (Wildman–Crippen LogP) is 6.03. The number of benzene rings is 3. The van der Waals surface area contributed by atoms with E-state index in [1.807, 2.05) is 23.1 Å². The topological polar surface area (TPSA) is 86.6 Å². The summed E-state index contributed by atoms with van der Waals surface area (Å²) in [6, 6.07) is 19.5. The predicted molar refractivity (Wildman–Crippen MR) is 151 cm³/mol. The normalized spacial score (nSPS) is 13.0. The van der Waals surface area contributed by atoms with Crippen molar-refractivity contribution < 1.29 is 27.9 Å². The van der Waals surface area contributed by atoms with Crippen LogP contribution >= 0.6 is 11.6 Å². The van der Waals surface area contributed by atoms with Gasteiger partial charge in [-0.05, 0) is 52.9 Å². The molecular weight excluding hydrogens is 569 g/mol. The Balaban J connectivity index is 1.48. The largest absolute Gasteiger partial charge is 0.480 e. The number of carbonyl (C=O) groups is 2. The van der Waals surface area contributed by atoms with E-state index in [-0.39, 0.29) is 18.5 Å². The van der Waals surface area contributed by atoms with E-state index in [0.29, 0.717) is 35.3 Å². The molecule has 0 spiro atoms. The Bertz CT molecular complexity index is 1610. The molecule has 0 unspecified atom stereocenters. The number of carbonyl (C=O) groups excluding carboxylic acids is 1. The van der Waals surface area contributed by atoms with E-state index in [2.05, 4.69) is 17.1 Å². The van der Waals surface area contributed by atoms with Crippen LogP contribution in [0.4, 0.5) is 19.1 Å². The van der Waals surface area contributed by atoms with Crippen LogP contribution in [0, 0.1) is 0 Å². The minimum Gasteiger partial charge on any atom is -0.480 e. The van der Waals surface area contributed by atoms with Gasteiger partial charge in [0.05, 0.1) is 16.8 Å². The maximum atomic E-state index is 13.8. The Morgan fingerprint density at radius 1 is 0.976 bits per heavy atom. The van der Waals surface area contributed by atoms with Crippen molar-refractivity contribution >= 4 is 29.4 Å². The van der Waals surface area contributed by atoms with Crippen molar-refractivity contribution in [2.75, 3.05) is 18.0 Å². The summed E-state index contributed by atoms with van der Waals surface area (Å²) in [5, 5.41) is 10.1. The Morgan fingerprint density at radius 2 is 1.71 bits per heavy atom. The smallest absolute Gasteiger partial charge is 0.416 e. The zero-order valence-corrected chi connectivity index (χ0v) is 23.1. The molecule has 0 aliphatic carbocycles. The second-order valence-corrected chi connectivity index (χ2v) is 10.5. The van der Waals surface area contributed by atoms with Crippen molar-refractivity contribution in [3.63, 3.8) is 0 Å². The standard InChI is InChI=1S/C31H26ClF3N4O3/c32-25-7-3-4-21(14-25)15-27-26(16-36-30(37-27)38-13-12-22-5-1-2-6-23(22)18-38)29(42)39(19-28(40)41)17-20-8-10-24(11-9-20)31(33,34)35/h1-11,14,16H,12-13,15,17-19H2,(H,40,41). The molecule has 3 aromatic carbocycles. The molecule has 0 saturated carbocycles. The van der Waals surface area contributed by atoms with Gasteiger partial charge in [0.25, 0.3) is 5.91 Å². The molecule has 0 bridgehead atoms. The van der Waals surface area contributed by atoms with Crippen LogP contribution in [-0.4, -0.2) is 44.9 Å². The number of halogens is 4. The fourth-order valence-corrected chi connectivity index (χ4v) is 5.14. The molecule has 5 rings (SSSR count). The molecule has 0 radical (unpaired) electrons. The summed E-state index contributed by atoms with van der Waals surface area (Å²) in [6.45, 7) is 0.394. The first-order chi connectivity index (χ1) is 20.1. The summed E-state index contributed by atoms with van der Waals surface area (Å²) in [5.74, 6) is -1.48. The van der Waals surface area contributed by atoms with Gasteiger partial charge in [-0.15, -0.1) is 0 Å². The molecule has 0 fully saturated rings. The Morgan fingerprint density at radius 3 is 2.40 bits per heavy atom. The van der Waals surface area contributed by atoms with Gasteiger partial charge in [-0.3, -0.25) is 9.59 Å². The number of carboxylic acid groups (broad SMARTS) is 1. The fourth-order valence-electron chi connectivity index (χ4n) is 4.93. The van der Waals surface area contributed by atoms with E-state index in [1.165, 1.54) is 23.9 Å². The number of alkyl halides is 3. The highest BCUT2D eigenvalue weighted by molar-refractivity contribution is 6.30. The van der Waals surface area contributed by atoms with Crippen LogP contribution in [0.5, 0.6) is 0 Å². The summed E-state index contributed by atoms with van der Waals surface area (Å²) >= 11 is 6.20. The Hall–Kier alpha value is -4.44. The van der Waals surface area contributed by atoms with Crippen molar-refractivity contribution in [3.05, 3.63) is 123 Å². The highest BCUT2D eigenvalue weighted by atomic mass is 35.5. The van der Waals surface area contributed by atoms with Crippen LogP contribution in [0.2, 0.25) is 5.02 Å². The third kappa shape index (κ3) is 6.88. The average Bonchev–Trinajstić information content (AvgIpc) is 2.96. The lowest BCUT2D eigenvalue weighted by atomic mass is 10.0. The number of nitrogens with zero attached hydrogens (tertiary/aromatic N) is 4. The van der Waals surface area contributed by atoms with E-state index in [9.17, 15) is 27.9 Å². The lowest BCUT2D eigenvalue weighted by Gasteiger charge is -2.29. The van der Waals surface area contributed by atoms with E-state index in [0.717, 1.165) is 34.6 Å². The first-order valence-corrected chi connectivity index (χ1v) is 13.5. The first-order valence-electron chi connectivity index (χ1n) is 13.2. The number of hydrogen-bond acceptors (Lipinski definition) is 5. The number of aliphatic carboxylic acids is 1. The number of aromatic nitrogens is 2. The lowest BCUT2D eigenvalue weighted by Crippen LogP contribution is -2.36. The molecule has 216 valence electrons. The summed E-state index contributed by atoms with van der Waals surface area (Å²) in [5.41, 5.74) is 3.20. The molecule has 0 atom stereocenters. The molecule has 4 aromatic rings. The van der Waals surface area contributed by atoms with Crippen LogP contribution in [0.25, 0.3) is 0 Å². The Kier molecular flexibility index (Phi) is 8.44. The minimum absolute atomic E-state index is 0.101. The molecule has 7 nitrogen and oxygen atoms in total. The van der Waals surface area contributed by atoms with E-state index < -0.39 is 30.2 Å². The minimum atomic E-state index is -4.51. The molecule has 42 heavy (non-hydrogen) atoms. The van der Waals surface area contributed by atoms with Crippen molar-refractivity contribution in [1.29, 1.82) is 0 Å². The SMILES string of the molecule is O=C(O)CN(Cc1ccc(C(F)(F)F)cc1)C(=O)c1cnc(N2CCc3ccccc3C2)nc1Cc1cccc(Cl)c1. The van der Waals surface area contributed by atoms with E-state index in [4.69, 9.17) is 16.6 Å². The van der Waals surface area contributed by atoms with Gasteiger partial charge in [0.1, 0.15) is 6.54 Å². The van der Waals surface area contributed by atoms with Gasteiger partial charge in [-0.2, -0.15) is 13.2 Å². The van der Waals surface area contributed by atoms with Crippen molar-refractivity contribution in [2.24, 2.45) is 0 Å².